The minimum Gasteiger partial charge on any atom is -0.320 e. The number of hydrogen-bond donors (Lipinski definition) is 1. The number of unbranched alkanes of at least 4 members (excludes halogenated alkanes) is 3. The molecule has 0 aromatic heterocycles. The number of rotatable bonds is 7. The Morgan fingerprint density at radius 3 is 2.59 bits per heavy atom. The van der Waals surface area contributed by atoms with Crippen molar-refractivity contribution in [3.63, 3.8) is 0 Å². The molecular formula is C12H26N2O2S. The van der Waals surface area contributed by atoms with Gasteiger partial charge >= 0.3 is 0 Å². The van der Waals surface area contributed by atoms with E-state index in [4.69, 9.17) is 0 Å². The molecule has 1 heterocycles. The summed E-state index contributed by atoms with van der Waals surface area (Å²) >= 11 is 0. The standard InChI is InChI=1S/C12H26N2O2S/c1-12-11-17(15,16)10-9-14(12)8-6-4-3-5-7-13-2/h12-13H,3-11H2,1-2H3. The molecule has 1 saturated heterocycles. The van der Waals surface area contributed by atoms with E-state index >= 15 is 0 Å². The molecule has 0 radical (unpaired) electrons. The van der Waals surface area contributed by atoms with Crippen LogP contribution in [0.4, 0.5) is 0 Å². The first kappa shape index (κ1) is 14.9. The van der Waals surface area contributed by atoms with Gasteiger partial charge in [0.15, 0.2) is 9.84 Å². The molecule has 0 aliphatic carbocycles. The molecular weight excluding hydrogens is 236 g/mol. The predicted molar refractivity (Wildman–Crippen MR) is 72.1 cm³/mol. The van der Waals surface area contributed by atoms with Crippen molar-refractivity contribution in [1.29, 1.82) is 0 Å². The van der Waals surface area contributed by atoms with Crippen LogP contribution < -0.4 is 5.32 Å². The Labute approximate surface area is 106 Å². The zero-order valence-electron chi connectivity index (χ0n) is 11.1. The van der Waals surface area contributed by atoms with Gasteiger partial charge in [-0.2, -0.15) is 0 Å². The van der Waals surface area contributed by atoms with Crippen LogP contribution in [0, 0.1) is 0 Å². The van der Waals surface area contributed by atoms with Crippen LogP contribution in [0.3, 0.4) is 0 Å². The van der Waals surface area contributed by atoms with Gasteiger partial charge in [-0.3, -0.25) is 4.90 Å². The van der Waals surface area contributed by atoms with Crippen molar-refractivity contribution >= 4 is 9.84 Å². The van der Waals surface area contributed by atoms with Crippen LogP contribution >= 0.6 is 0 Å². The highest BCUT2D eigenvalue weighted by Gasteiger charge is 2.27. The molecule has 0 aromatic carbocycles. The predicted octanol–water partition coefficient (Wildman–Crippen LogP) is 0.885. The molecule has 17 heavy (non-hydrogen) atoms. The van der Waals surface area contributed by atoms with Gasteiger partial charge in [0.1, 0.15) is 0 Å². The van der Waals surface area contributed by atoms with Crippen LogP contribution in [0.25, 0.3) is 0 Å². The van der Waals surface area contributed by atoms with Crippen LogP contribution in [-0.2, 0) is 9.84 Å². The molecule has 0 spiro atoms. The molecule has 1 fully saturated rings. The molecule has 0 bridgehead atoms. The number of hydrogen-bond acceptors (Lipinski definition) is 4. The lowest BCUT2D eigenvalue weighted by Crippen LogP contribution is -2.47. The van der Waals surface area contributed by atoms with Gasteiger partial charge in [0.2, 0.25) is 0 Å². The minimum absolute atomic E-state index is 0.200. The van der Waals surface area contributed by atoms with E-state index < -0.39 is 9.84 Å². The Bertz CT molecular complexity index is 304. The molecule has 102 valence electrons. The fraction of sp³-hybridized carbons (Fsp3) is 1.00. The molecule has 0 saturated carbocycles. The highest BCUT2D eigenvalue weighted by Crippen LogP contribution is 2.12. The van der Waals surface area contributed by atoms with Gasteiger partial charge in [-0.1, -0.05) is 12.8 Å². The van der Waals surface area contributed by atoms with E-state index in [1.54, 1.807) is 0 Å². The molecule has 1 unspecified atom stereocenters. The first-order chi connectivity index (χ1) is 8.05. The average molecular weight is 262 g/mol. The second-order valence-corrected chi connectivity index (χ2v) is 7.25. The molecule has 5 heteroatoms. The smallest absolute Gasteiger partial charge is 0.153 e. The summed E-state index contributed by atoms with van der Waals surface area (Å²) in [4.78, 5) is 2.32. The molecule has 0 aromatic rings. The van der Waals surface area contributed by atoms with E-state index in [0.29, 0.717) is 11.5 Å². The third-order valence-corrected chi connectivity index (χ3v) is 5.22. The fourth-order valence-electron chi connectivity index (χ4n) is 2.34. The summed E-state index contributed by atoms with van der Waals surface area (Å²) in [6, 6.07) is 0.200. The molecule has 1 atom stereocenters. The molecule has 1 N–H and O–H groups in total. The summed E-state index contributed by atoms with van der Waals surface area (Å²) in [5, 5.41) is 3.15. The van der Waals surface area contributed by atoms with Crippen molar-refractivity contribution in [3.05, 3.63) is 0 Å². The molecule has 1 aliphatic heterocycles. The number of sulfone groups is 1. The van der Waals surface area contributed by atoms with E-state index in [-0.39, 0.29) is 6.04 Å². The third-order valence-electron chi connectivity index (χ3n) is 3.43. The maximum absolute atomic E-state index is 11.4. The fourth-order valence-corrected chi connectivity index (χ4v) is 3.96. The van der Waals surface area contributed by atoms with E-state index in [2.05, 4.69) is 10.2 Å². The lowest BCUT2D eigenvalue weighted by Gasteiger charge is -2.33. The van der Waals surface area contributed by atoms with Crippen molar-refractivity contribution in [2.75, 3.05) is 38.2 Å². The zero-order valence-corrected chi connectivity index (χ0v) is 11.9. The first-order valence-corrected chi connectivity index (χ1v) is 8.46. The Balaban J connectivity index is 2.12. The normalized spacial score (nSPS) is 24.9. The lowest BCUT2D eigenvalue weighted by atomic mass is 10.1. The van der Waals surface area contributed by atoms with Crippen molar-refractivity contribution in [2.24, 2.45) is 0 Å². The topological polar surface area (TPSA) is 49.4 Å². The summed E-state index contributed by atoms with van der Waals surface area (Å²) < 4.78 is 22.8. The zero-order chi connectivity index (χ0) is 12.7. The monoisotopic (exact) mass is 262 g/mol. The quantitative estimate of drug-likeness (QED) is 0.692. The van der Waals surface area contributed by atoms with Gasteiger partial charge in [-0.05, 0) is 39.9 Å². The molecule has 4 nitrogen and oxygen atoms in total. The summed E-state index contributed by atoms with van der Waals surface area (Å²) in [5.74, 6) is 0.684. The van der Waals surface area contributed by atoms with Crippen molar-refractivity contribution in [3.8, 4) is 0 Å². The summed E-state index contributed by atoms with van der Waals surface area (Å²) in [7, 11) is -0.775. The maximum Gasteiger partial charge on any atom is 0.153 e. The van der Waals surface area contributed by atoms with Crippen LogP contribution in [0.5, 0.6) is 0 Å². The maximum atomic E-state index is 11.4. The van der Waals surface area contributed by atoms with Crippen molar-refractivity contribution < 1.29 is 8.42 Å². The van der Waals surface area contributed by atoms with E-state index in [1.165, 1.54) is 25.7 Å². The van der Waals surface area contributed by atoms with Crippen LogP contribution in [0.1, 0.15) is 32.6 Å². The number of nitrogens with zero attached hydrogens (tertiary/aromatic N) is 1. The summed E-state index contributed by atoms with van der Waals surface area (Å²) in [6.07, 6.45) is 4.94. The van der Waals surface area contributed by atoms with Crippen molar-refractivity contribution in [2.45, 2.75) is 38.6 Å². The van der Waals surface area contributed by atoms with Crippen LogP contribution in [0.2, 0.25) is 0 Å². The van der Waals surface area contributed by atoms with Gasteiger partial charge in [0.25, 0.3) is 0 Å². The lowest BCUT2D eigenvalue weighted by molar-refractivity contribution is 0.221. The van der Waals surface area contributed by atoms with Crippen LogP contribution in [0.15, 0.2) is 0 Å². The minimum atomic E-state index is -2.76. The largest absolute Gasteiger partial charge is 0.320 e. The SMILES string of the molecule is CNCCCCCCN1CCS(=O)(=O)CC1C. The van der Waals surface area contributed by atoms with E-state index in [1.807, 2.05) is 14.0 Å². The third kappa shape index (κ3) is 5.84. The molecule has 1 aliphatic rings. The van der Waals surface area contributed by atoms with Gasteiger partial charge in [0, 0.05) is 12.6 Å². The van der Waals surface area contributed by atoms with Gasteiger partial charge in [0.05, 0.1) is 11.5 Å². The highest BCUT2D eigenvalue weighted by molar-refractivity contribution is 7.91. The molecule has 1 rings (SSSR count). The first-order valence-electron chi connectivity index (χ1n) is 6.64. The van der Waals surface area contributed by atoms with Gasteiger partial charge < -0.3 is 5.32 Å². The molecule has 0 amide bonds. The second-order valence-electron chi connectivity index (χ2n) is 5.02. The summed E-state index contributed by atoms with van der Waals surface area (Å²) in [5.41, 5.74) is 0. The average Bonchev–Trinajstić information content (AvgIpc) is 2.25. The Morgan fingerprint density at radius 1 is 1.24 bits per heavy atom. The summed E-state index contributed by atoms with van der Waals surface area (Å²) in [6.45, 7) is 4.90. The Hall–Kier alpha value is -0.130. The van der Waals surface area contributed by atoms with Gasteiger partial charge in [-0.25, -0.2) is 8.42 Å². The van der Waals surface area contributed by atoms with Gasteiger partial charge in [-0.15, -0.1) is 0 Å². The van der Waals surface area contributed by atoms with E-state index in [0.717, 1.165) is 19.6 Å². The number of nitrogens with one attached hydrogen (secondary N) is 1. The Morgan fingerprint density at radius 2 is 1.94 bits per heavy atom. The van der Waals surface area contributed by atoms with E-state index in [9.17, 15) is 8.42 Å². The van der Waals surface area contributed by atoms with Crippen LogP contribution in [-0.4, -0.2) is 57.5 Å². The highest BCUT2D eigenvalue weighted by atomic mass is 32.2. The second kappa shape index (κ2) is 7.34. The van der Waals surface area contributed by atoms with Crippen molar-refractivity contribution in [1.82, 2.24) is 10.2 Å². The Kier molecular flexibility index (Phi) is 6.44.